The van der Waals surface area contributed by atoms with Crippen molar-refractivity contribution in [3.63, 3.8) is 0 Å². The van der Waals surface area contributed by atoms with Crippen molar-refractivity contribution in [3.05, 3.63) is 29.8 Å². The first-order valence-corrected chi connectivity index (χ1v) is 7.18. The number of carboxylic acids is 1. The maximum Gasteiger partial charge on any atom is 0.335 e. The minimum Gasteiger partial charge on any atom is -0.478 e. The highest BCUT2D eigenvalue weighted by Gasteiger charge is 2.50. The summed E-state index contributed by atoms with van der Waals surface area (Å²) in [5, 5.41) is 11.7. The van der Waals surface area contributed by atoms with E-state index in [1.54, 1.807) is 12.1 Å². The molecule has 108 valence electrons. The van der Waals surface area contributed by atoms with Crippen LogP contribution in [0, 0.1) is 17.8 Å². The normalized spacial score (nSPS) is 24.2. The number of anilines is 1. The van der Waals surface area contributed by atoms with Gasteiger partial charge in [0, 0.05) is 11.6 Å². The summed E-state index contributed by atoms with van der Waals surface area (Å²) in [6.07, 6.45) is 3.45. The quantitative estimate of drug-likeness (QED) is 0.836. The standard InChI is InChI=1S/C16H21NO3/c1-3-4-5-13-10(2)14(13)15(18)17-12-8-6-11(7-9-12)16(19)20/h6-10,13-14H,3-5H2,1-2H3,(H,17,18)(H,19,20)/t10-,13+,14+/m0/s1. The number of amides is 1. The molecule has 1 saturated carbocycles. The topological polar surface area (TPSA) is 66.4 Å². The van der Waals surface area contributed by atoms with Gasteiger partial charge in [-0.2, -0.15) is 0 Å². The smallest absolute Gasteiger partial charge is 0.335 e. The molecule has 0 spiro atoms. The zero-order chi connectivity index (χ0) is 14.7. The van der Waals surface area contributed by atoms with E-state index < -0.39 is 5.97 Å². The van der Waals surface area contributed by atoms with Gasteiger partial charge >= 0.3 is 5.97 Å². The van der Waals surface area contributed by atoms with E-state index in [9.17, 15) is 9.59 Å². The zero-order valence-electron chi connectivity index (χ0n) is 11.9. The van der Waals surface area contributed by atoms with Crippen molar-refractivity contribution in [2.24, 2.45) is 17.8 Å². The fraction of sp³-hybridized carbons (Fsp3) is 0.500. The highest BCUT2D eigenvalue weighted by Crippen LogP contribution is 2.49. The highest BCUT2D eigenvalue weighted by molar-refractivity contribution is 5.95. The summed E-state index contributed by atoms with van der Waals surface area (Å²) in [5.74, 6) is 0.175. The molecule has 2 rings (SSSR count). The molecule has 1 aromatic rings. The number of hydrogen-bond donors (Lipinski definition) is 2. The van der Waals surface area contributed by atoms with E-state index in [0.717, 1.165) is 12.8 Å². The molecule has 0 bridgehead atoms. The number of aromatic carboxylic acids is 1. The molecular weight excluding hydrogens is 254 g/mol. The fourth-order valence-corrected chi connectivity index (χ4v) is 2.78. The number of unbranched alkanes of at least 4 members (excludes halogenated alkanes) is 1. The fourth-order valence-electron chi connectivity index (χ4n) is 2.78. The average molecular weight is 275 g/mol. The van der Waals surface area contributed by atoms with Crippen LogP contribution in [0.15, 0.2) is 24.3 Å². The number of carbonyl (C=O) groups is 2. The van der Waals surface area contributed by atoms with E-state index in [1.807, 2.05) is 0 Å². The lowest BCUT2D eigenvalue weighted by Gasteiger charge is -2.05. The molecule has 4 nitrogen and oxygen atoms in total. The van der Waals surface area contributed by atoms with Crippen molar-refractivity contribution in [1.82, 2.24) is 0 Å². The Morgan fingerprint density at radius 3 is 2.45 bits per heavy atom. The van der Waals surface area contributed by atoms with Crippen molar-refractivity contribution in [2.75, 3.05) is 5.32 Å². The third-order valence-electron chi connectivity index (χ3n) is 4.16. The Labute approximate surface area is 119 Å². The third kappa shape index (κ3) is 3.18. The lowest BCUT2D eigenvalue weighted by molar-refractivity contribution is -0.117. The van der Waals surface area contributed by atoms with Gasteiger partial charge in [0.2, 0.25) is 5.91 Å². The number of benzene rings is 1. The zero-order valence-corrected chi connectivity index (χ0v) is 11.9. The van der Waals surface area contributed by atoms with Crippen LogP contribution in [0.5, 0.6) is 0 Å². The first kappa shape index (κ1) is 14.6. The van der Waals surface area contributed by atoms with Gasteiger partial charge in [0.05, 0.1) is 5.56 Å². The van der Waals surface area contributed by atoms with Gasteiger partial charge in [0.25, 0.3) is 0 Å². The number of rotatable bonds is 6. The molecule has 1 aliphatic carbocycles. The van der Waals surface area contributed by atoms with Crippen molar-refractivity contribution >= 4 is 17.6 Å². The SMILES string of the molecule is CCCC[C@@H]1[C@H](C)[C@H]1C(=O)Nc1ccc(C(=O)O)cc1. The van der Waals surface area contributed by atoms with Crippen LogP contribution in [0.4, 0.5) is 5.69 Å². The van der Waals surface area contributed by atoms with Gasteiger partial charge in [-0.05, 0) is 42.5 Å². The summed E-state index contributed by atoms with van der Waals surface area (Å²) < 4.78 is 0. The molecular formula is C16H21NO3. The second-order valence-corrected chi connectivity index (χ2v) is 5.56. The predicted octanol–water partition coefficient (Wildman–Crippen LogP) is 3.40. The van der Waals surface area contributed by atoms with E-state index in [4.69, 9.17) is 5.11 Å². The summed E-state index contributed by atoms with van der Waals surface area (Å²) in [6.45, 7) is 4.28. The van der Waals surface area contributed by atoms with E-state index in [1.165, 1.54) is 18.6 Å². The minimum atomic E-state index is -0.960. The maximum absolute atomic E-state index is 12.2. The summed E-state index contributed by atoms with van der Waals surface area (Å²) in [7, 11) is 0. The number of hydrogen-bond acceptors (Lipinski definition) is 2. The maximum atomic E-state index is 12.2. The summed E-state index contributed by atoms with van der Waals surface area (Å²) in [5.41, 5.74) is 0.886. The number of carboxylic acid groups (broad SMARTS) is 1. The molecule has 0 saturated heterocycles. The van der Waals surface area contributed by atoms with Crippen LogP contribution in [0.2, 0.25) is 0 Å². The van der Waals surface area contributed by atoms with Gasteiger partial charge in [0.15, 0.2) is 0 Å². The van der Waals surface area contributed by atoms with Gasteiger partial charge in [-0.15, -0.1) is 0 Å². The Bertz CT molecular complexity index is 495. The third-order valence-corrected chi connectivity index (χ3v) is 4.16. The number of nitrogens with one attached hydrogen (secondary N) is 1. The van der Waals surface area contributed by atoms with Crippen molar-refractivity contribution < 1.29 is 14.7 Å². The molecule has 4 heteroatoms. The monoisotopic (exact) mass is 275 g/mol. The van der Waals surface area contributed by atoms with E-state index in [-0.39, 0.29) is 17.4 Å². The largest absolute Gasteiger partial charge is 0.478 e. The Hall–Kier alpha value is -1.84. The highest BCUT2D eigenvalue weighted by atomic mass is 16.4. The van der Waals surface area contributed by atoms with Crippen LogP contribution in [0.3, 0.4) is 0 Å². The molecule has 0 heterocycles. The molecule has 1 fully saturated rings. The molecule has 0 unspecified atom stereocenters. The van der Waals surface area contributed by atoms with Gasteiger partial charge in [-0.25, -0.2) is 4.79 Å². The van der Waals surface area contributed by atoms with Crippen LogP contribution in [-0.2, 0) is 4.79 Å². The van der Waals surface area contributed by atoms with Crippen molar-refractivity contribution in [3.8, 4) is 0 Å². The lowest BCUT2D eigenvalue weighted by atomic mass is 10.1. The van der Waals surface area contributed by atoms with Crippen molar-refractivity contribution in [1.29, 1.82) is 0 Å². The van der Waals surface area contributed by atoms with E-state index in [2.05, 4.69) is 19.2 Å². The first-order valence-electron chi connectivity index (χ1n) is 7.18. The average Bonchev–Trinajstić information content (AvgIpc) is 3.07. The minimum absolute atomic E-state index is 0.0571. The summed E-state index contributed by atoms with van der Waals surface area (Å²) >= 11 is 0. The van der Waals surface area contributed by atoms with Gasteiger partial charge < -0.3 is 10.4 Å². The summed E-state index contributed by atoms with van der Waals surface area (Å²) in [6, 6.07) is 6.27. The molecule has 1 aliphatic rings. The van der Waals surface area contributed by atoms with E-state index >= 15 is 0 Å². The molecule has 3 atom stereocenters. The first-order chi connectivity index (χ1) is 9.54. The Morgan fingerprint density at radius 1 is 1.25 bits per heavy atom. The Kier molecular flexibility index (Phi) is 4.42. The molecule has 2 N–H and O–H groups in total. The second-order valence-electron chi connectivity index (χ2n) is 5.56. The Morgan fingerprint density at radius 2 is 1.90 bits per heavy atom. The second kappa shape index (κ2) is 6.07. The molecule has 1 aromatic carbocycles. The molecule has 0 radical (unpaired) electrons. The summed E-state index contributed by atoms with van der Waals surface area (Å²) in [4.78, 5) is 22.9. The van der Waals surface area contributed by atoms with Crippen LogP contribution >= 0.6 is 0 Å². The molecule has 0 aliphatic heterocycles. The molecule has 0 aromatic heterocycles. The van der Waals surface area contributed by atoms with Gasteiger partial charge in [-0.1, -0.05) is 26.7 Å². The van der Waals surface area contributed by atoms with Crippen molar-refractivity contribution in [2.45, 2.75) is 33.1 Å². The molecule has 20 heavy (non-hydrogen) atoms. The van der Waals surface area contributed by atoms with Gasteiger partial charge in [0.1, 0.15) is 0 Å². The predicted molar refractivity (Wildman–Crippen MR) is 77.7 cm³/mol. The van der Waals surface area contributed by atoms with E-state index in [0.29, 0.717) is 17.5 Å². The lowest BCUT2D eigenvalue weighted by Crippen LogP contribution is -2.15. The van der Waals surface area contributed by atoms with Crippen LogP contribution in [0.25, 0.3) is 0 Å². The van der Waals surface area contributed by atoms with Crippen LogP contribution < -0.4 is 5.32 Å². The Balaban J connectivity index is 1.90. The van der Waals surface area contributed by atoms with Crippen LogP contribution in [-0.4, -0.2) is 17.0 Å². The number of carbonyl (C=O) groups excluding carboxylic acids is 1. The van der Waals surface area contributed by atoms with Gasteiger partial charge in [-0.3, -0.25) is 4.79 Å². The van der Waals surface area contributed by atoms with Crippen LogP contribution in [0.1, 0.15) is 43.5 Å². The molecule has 1 amide bonds.